The van der Waals surface area contributed by atoms with Crippen molar-refractivity contribution in [3.8, 4) is 22.3 Å². The van der Waals surface area contributed by atoms with Crippen LogP contribution in [0.2, 0.25) is 0 Å². The number of aromatic nitrogens is 4. The zero-order valence-corrected chi connectivity index (χ0v) is 31.8. The SMILES string of the molecule is CCCCCCC1(CCCCCC)c2ccc3nonc3c2-c2c(F)c3c(c(F)c21)-c1c(ccc2nonc12)C3(CCCCCC)CCCCCC. The van der Waals surface area contributed by atoms with E-state index in [9.17, 15) is 0 Å². The second kappa shape index (κ2) is 15.7. The van der Waals surface area contributed by atoms with Crippen LogP contribution in [-0.2, 0) is 10.8 Å². The molecule has 2 aliphatic rings. The molecule has 52 heavy (non-hydrogen) atoms. The molecule has 0 radical (unpaired) electrons. The number of benzene rings is 3. The van der Waals surface area contributed by atoms with Crippen molar-refractivity contribution < 1.29 is 18.0 Å². The maximum absolute atomic E-state index is 18.6. The minimum absolute atomic E-state index is 0.307. The van der Waals surface area contributed by atoms with Crippen LogP contribution in [0.1, 0.15) is 178 Å². The third-order valence-corrected chi connectivity index (χ3v) is 12.6. The Bertz CT molecular complexity index is 1850. The minimum atomic E-state index is -0.705. The summed E-state index contributed by atoms with van der Waals surface area (Å²) in [6.07, 6.45) is 19.8. The zero-order chi connectivity index (χ0) is 36.3. The Balaban J connectivity index is 1.55. The highest BCUT2D eigenvalue weighted by molar-refractivity contribution is 6.04. The lowest BCUT2D eigenvalue weighted by atomic mass is 9.68. The average molecular weight is 711 g/mol. The molecule has 5 aromatic rings. The Kier molecular flexibility index (Phi) is 11.1. The molecule has 0 N–H and O–H groups in total. The molecule has 0 unspecified atom stereocenters. The maximum atomic E-state index is 18.6. The topological polar surface area (TPSA) is 77.8 Å². The fourth-order valence-corrected chi connectivity index (χ4v) is 10.0. The smallest absolute Gasteiger partial charge is 0.143 e. The summed E-state index contributed by atoms with van der Waals surface area (Å²) in [7, 11) is 0. The van der Waals surface area contributed by atoms with Gasteiger partial charge in [-0.3, -0.25) is 0 Å². The number of hydrogen-bond acceptors (Lipinski definition) is 6. The van der Waals surface area contributed by atoms with Crippen LogP contribution in [0.4, 0.5) is 8.78 Å². The number of fused-ring (bicyclic) bond motifs is 10. The summed E-state index contributed by atoms with van der Waals surface area (Å²) in [4.78, 5) is 0. The van der Waals surface area contributed by atoms with Crippen molar-refractivity contribution in [2.75, 3.05) is 0 Å². The molecule has 2 aliphatic carbocycles. The van der Waals surface area contributed by atoms with Crippen molar-refractivity contribution in [2.45, 2.75) is 167 Å². The van der Waals surface area contributed by atoms with Gasteiger partial charge in [0.05, 0.1) is 0 Å². The van der Waals surface area contributed by atoms with Gasteiger partial charge in [-0.15, -0.1) is 0 Å². The molecule has 0 fully saturated rings. The van der Waals surface area contributed by atoms with E-state index in [1.807, 2.05) is 12.1 Å². The maximum Gasteiger partial charge on any atom is 0.143 e. The molecule has 7 rings (SSSR count). The van der Waals surface area contributed by atoms with E-state index in [-0.39, 0.29) is 11.6 Å². The Hall–Kier alpha value is -3.68. The third kappa shape index (κ3) is 5.96. The van der Waals surface area contributed by atoms with Crippen LogP contribution in [0.15, 0.2) is 33.5 Å². The molecular formula is C44H56F2N4O2. The predicted octanol–water partition coefficient (Wildman–Crippen LogP) is 13.5. The van der Waals surface area contributed by atoms with Crippen LogP contribution in [0.3, 0.4) is 0 Å². The van der Waals surface area contributed by atoms with Gasteiger partial charge in [-0.05, 0) is 69.6 Å². The molecule has 2 heterocycles. The summed E-state index contributed by atoms with van der Waals surface area (Å²) >= 11 is 0. The van der Waals surface area contributed by atoms with E-state index >= 15 is 8.78 Å². The molecule has 0 saturated carbocycles. The highest BCUT2D eigenvalue weighted by atomic mass is 19.1. The van der Waals surface area contributed by atoms with E-state index in [1.165, 1.54) is 0 Å². The Morgan fingerprint density at radius 1 is 0.442 bits per heavy atom. The third-order valence-electron chi connectivity index (χ3n) is 12.6. The number of hydrogen-bond donors (Lipinski definition) is 0. The molecule has 0 aliphatic heterocycles. The van der Waals surface area contributed by atoms with Crippen molar-refractivity contribution in [3.05, 3.63) is 58.2 Å². The van der Waals surface area contributed by atoms with Crippen molar-refractivity contribution >= 4 is 22.1 Å². The molecular weight excluding hydrogens is 655 g/mol. The van der Waals surface area contributed by atoms with Crippen molar-refractivity contribution in [1.82, 2.24) is 20.6 Å². The van der Waals surface area contributed by atoms with Crippen LogP contribution < -0.4 is 0 Å². The summed E-state index contributed by atoms with van der Waals surface area (Å²) in [5.41, 5.74) is 5.82. The van der Waals surface area contributed by atoms with Gasteiger partial charge < -0.3 is 0 Å². The summed E-state index contributed by atoms with van der Waals surface area (Å²) in [6.45, 7) is 8.84. The fourth-order valence-electron chi connectivity index (χ4n) is 10.0. The molecule has 8 heteroatoms. The summed E-state index contributed by atoms with van der Waals surface area (Å²) in [6, 6.07) is 8.00. The van der Waals surface area contributed by atoms with Crippen LogP contribution in [0.5, 0.6) is 0 Å². The first kappa shape index (κ1) is 36.7. The summed E-state index contributed by atoms with van der Waals surface area (Å²) < 4.78 is 47.9. The van der Waals surface area contributed by atoms with E-state index in [4.69, 9.17) is 9.26 Å². The zero-order valence-electron chi connectivity index (χ0n) is 31.8. The lowest BCUT2D eigenvalue weighted by Crippen LogP contribution is -2.29. The van der Waals surface area contributed by atoms with Crippen LogP contribution >= 0.6 is 0 Å². The van der Waals surface area contributed by atoms with Gasteiger partial charge in [0.15, 0.2) is 0 Å². The molecule has 6 nitrogen and oxygen atoms in total. The second-order valence-electron chi connectivity index (χ2n) is 15.8. The Morgan fingerprint density at radius 2 is 0.788 bits per heavy atom. The van der Waals surface area contributed by atoms with Gasteiger partial charge in [0.1, 0.15) is 33.7 Å². The van der Waals surface area contributed by atoms with Gasteiger partial charge in [-0.1, -0.05) is 143 Å². The van der Waals surface area contributed by atoms with Gasteiger partial charge in [-0.2, -0.15) is 0 Å². The van der Waals surface area contributed by atoms with E-state index in [1.54, 1.807) is 0 Å². The van der Waals surface area contributed by atoms with Gasteiger partial charge in [0.25, 0.3) is 0 Å². The summed E-state index contributed by atoms with van der Waals surface area (Å²) in [5, 5.41) is 17.1. The molecule has 0 amide bonds. The van der Waals surface area contributed by atoms with Gasteiger partial charge in [0.2, 0.25) is 0 Å². The van der Waals surface area contributed by atoms with Gasteiger partial charge in [0, 0.05) is 44.2 Å². The molecule has 3 aromatic carbocycles. The van der Waals surface area contributed by atoms with E-state index in [0.29, 0.717) is 55.4 Å². The number of nitrogens with zero attached hydrogens (tertiary/aromatic N) is 4. The predicted molar refractivity (Wildman–Crippen MR) is 205 cm³/mol. The average Bonchev–Trinajstić information content (AvgIpc) is 3.94. The molecule has 0 spiro atoms. The molecule has 278 valence electrons. The normalized spacial score (nSPS) is 15.0. The highest BCUT2D eigenvalue weighted by Crippen LogP contribution is 2.64. The van der Waals surface area contributed by atoms with Crippen molar-refractivity contribution in [3.63, 3.8) is 0 Å². The Labute approximate surface area is 307 Å². The molecule has 0 bridgehead atoms. The molecule has 0 atom stereocenters. The van der Waals surface area contributed by atoms with Gasteiger partial charge >= 0.3 is 0 Å². The van der Waals surface area contributed by atoms with Crippen LogP contribution in [0, 0.1) is 11.6 Å². The largest absolute Gasteiger partial charge is 0.243 e. The number of unbranched alkanes of at least 4 members (excludes halogenated alkanes) is 12. The minimum Gasteiger partial charge on any atom is -0.243 e. The van der Waals surface area contributed by atoms with E-state index in [0.717, 1.165) is 140 Å². The van der Waals surface area contributed by atoms with E-state index in [2.05, 4.69) is 60.5 Å². The lowest BCUT2D eigenvalue weighted by molar-refractivity contribution is 0.315. The summed E-state index contributed by atoms with van der Waals surface area (Å²) in [5.74, 6) is -0.613. The monoisotopic (exact) mass is 710 g/mol. The van der Waals surface area contributed by atoms with Crippen LogP contribution in [-0.4, -0.2) is 20.6 Å². The first-order chi connectivity index (χ1) is 25.5. The fraction of sp³-hybridized carbons (Fsp3) is 0.591. The number of rotatable bonds is 20. The molecule has 2 aromatic heterocycles. The number of halogens is 2. The quantitative estimate of drug-likeness (QED) is 0.0748. The van der Waals surface area contributed by atoms with Crippen molar-refractivity contribution in [1.29, 1.82) is 0 Å². The van der Waals surface area contributed by atoms with Crippen molar-refractivity contribution in [2.24, 2.45) is 0 Å². The van der Waals surface area contributed by atoms with Gasteiger partial charge in [-0.25, -0.2) is 18.0 Å². The molecule has 0 saturated heterocycles. The Morgan fingerprint density at radius 3 is 1.12 bits per heavy atom. The van der Waals surface area contributed by atoms with Crippen LogP contribution in [0.25, 0.3) is 44.3 Å². The standard InChI is InChI=1S/C44H56F2N4O2/c1-5-9-13-17-25-43(26-18-14-10-6-2)29-21-23-31-41(49-51-47-31)33(29)35-37(43)39(45)36-34-30(22-24-32-42(34)50-52-48-32)44(38(36)40(35)46,27-19-15-11-7-3)28-20-16-12-8-4/h21-24H,5-20,25-28H2,1-4H3. The van der Waals surface area contributed by atoms with E-state index < -0.39 is 10.8 Å². The first-order valence-corrected chi connectivity index (χ1v) is 20.6. The first-order valence-electron chi connectivity index (χ1n) is 20.6. The highest BCUT2D eigenvalue weighted by Gasteiger charge is 2.54. The lowest BCUT2D eigenvalue weighted by Gasteiger charge is -2.35. The second-order valence-corrected chi connectivity index (χ2v) is 15.8.